The molecule has 0 fully saturated rings. The van der Waals surface area contributed by atoms with Gasteiger partial charge in [-0.2, -0.15) is 0 Å². The first kappa shape index (κ1) is 15.4. The lowest BCUT2D eigenvalue weighted by molar-refractivity contribution is -0.131. The van der Waals surface area contributed by atoms with Crippen LogP contribution in [0.3, 0.4) is 0 Å². The molecule has 6 heteroatoms. The van der Waals surface area contributed by atoms with E-state index in [4.69, 9.17) is 5.11 Å². The van der Waals surface area contributed by atoms with Crippen LogP contribution in [-0.2, 0) is 4.79 Å². The van der Waals surface area contributed by atoms with E-state index in [-0.39, 0.29) is 5.91 Å². The van der Waals surface area contributed by atoms with Crippen molar-refractivity contribution in [3.8, 4) is 0 Å². The first-order chi connectivity index (χ1) is 9.02. The maximum atomic E-state index is 11.8. The van der Waals surface area contributed by atoms with Gasteiger partial charge in [0.15, 0.2) is 0 Å². The molecule has 19 heavy (non-hydrogen) atoms. The summed E-state index contributed by atoms with van der Waals surface area (Å²) in [5.41, 5.74) is 0. The molecule has 104 valence electrons. The monoisotopic (exact) mass is 282 g/mol. The molecule has 0 saturated heterocycles. The Balaban J connectivity index is 2.47. The SMILES string of the molecule is CCN(C)CCNC(=O)c1ccc(C=CC(=O)O)s1. The summed E-state index contributed by atoms with van der Waals surface area (Å²) in [4.78, 5) is 25.6. The molecule has 0 aliphatic carbocycles. The fourth-order valence-corrected chi connectivity index (χ4v) is 2.15. The summed E-state index contributed by atoms with van der Waals surface area (Å²) in [5.74, 6) is -1.12. The van der Waals surface area contributed by atoms with Crippen LogP contribution in [0.15, 0.2) is 18.2 Å². The number of thiophene rings is 1. The van der Waals surface area contributed by atoms with Crippen molar-refractivity contribution in [1.82, 2.24) is 10.2 Å². The highest BCUT2D eigenvalue weighted by Crippen LogP contribution is 2.17. The van der Waals surface area contributed by atoms with E-state index in [2.05, 4.69) is 17.1 Å². The Morgan fingerprint density at radius 3 is 2.84 bits per heavy atom. The fraction of sp³-hybridized carbons (Fsp3) is 0.385. The maximum absolute atomic E-state index is 11.8. The third kappa shape index (κ3) is 5.67. The molecule has 0 aromatic carbocycles. The van der Waals surface area contributed by atoms with Crippen LogP contribution in [0.4, 0.5) is 0 Å². The second-order valence-corrected chi connectivity index (χ2v) is 5.14. The molecule has 1 heterocycles. The Hall–Kier alpha value is -1.66. The van der Waals surface area contributed by atoms with Gasteiger partial charge in [0.1, 0.15) is 0 Å². The average molecular weight is 282 g/mol. The molecule has 0 spiro atoms. The van der Waals surface area contributed by atoms with Gasteiger partial charge in [0.25, 0.3) is 5.91 Å². The van der Waals surface area contributed by atoms with Gasteiger partial charge in [-0.05, 0) is 31.8 Å². The minimum absolute atomic E-state index is 0.121. The molecule has 0 aliphatic heterocycles. The number of carboxylic acid groups (broad SMARTS) is 1. The van der Waals surface area contributed by atoms with E-state index in [1.54, 1.807) is 12.1 Å². The molecule has 1 aromatic rings. The third-order valence-electron chi connectivity index (χ3n) is 2.56. The number of carbonyl (C=O) groups is 2. The summed E-state index contributed by atoms with van der Waals surface area (Å²) in [6, 6.07) is 3.43. The number of carbonyl (C=O) groups excluding carboxylic acids is 1. The molecule has 2 N–H and O–H groups in total. The minimum atomic E-state index is -0.998. The van der Waals surface area contributed by atoms with Gasteiger partial charge in [0.05, 0.1) is 4.88 Å². The van der Waals surface area contributed by atoms with E-state index in [1.165, 1.54) is 17.4 Å². The molecular formula is C13H18N2O3S. The van der Waals surface area contributed by atoms with Gasteiger partial charge in [-0.3, -0.25) is 4.79 Å². The van der Waals surface area contributed by atoms with Gasteiger partial charge in [-0.15, -0.1) is 11.3 Å². The number of hydrogen-bond acceptors (Lipinski definition) is 4. The van der Waals surface area contributed by atoms with Crippen molar-refractivity contribution in [2.45, 2.75) is 6.92 Å². The van der Waals surface area contributed by atoms with E-state index < -0.39 is 5.97 Å². The summed E-state index contributed by atoms with van der Waals surface area (Å²) in [7, 11) is 1.99. The van der Waals surface area contributed by atoms with Gasteiger partial charge in [0.2, 0.25) is 0 Å². The van der Waals surface area contributed by atoms with Crippen LogP contribution < -0.4 is 5.32 Å². The number of aliphatic carboxylic acids is 1. The highest BCUT2D eigenvalue weighted by molar-refractivity contribution is 7.14. The van der Waals surface area contributed by atoms with E-state index >= 15 is 0 Å². The number of carboxylic acids is 1. The zero-order valence-electron chi connectivity index (χ0n) is 11.0. The van der Waals surface area contributed by atoms with Gasteiger partial charge in [0, 0.05) is 24.0 Å². The number of nitrogens with one attached hydrogen (secondary N) is 1. The molecule has 0 radical (unpaired) electrons. The average Bonchev–Trinajstić information content (AvgIpc) is 2.84. The van der Waals surface area contributed by atoms with E-state index in [0.717, 1.165) is 24.0 Å². The highest BCUT2D eigenvalue weighted by Gasteiger charge is 2.08. The number of rotatable bonds is 7. The normalized spacial score (nSPS) is 11.1. The van der Waals surface area contributed by atoms with Crippen molar-refractivity contribution >= 4 is 29.3 Å². The fourth-order valence-electron chi connectivity index (χ4n) is 1.32. The quantitative estimate of drug-likeness (QED) is 0.744. The lowest BCUT2D eigenvalue weighted by atomic mass is 10.4. The maximum Gasteiger partial charge on any atom is 0.328 e. The number of likely N-dealkylation sites (N-methyl/N-ethyl adjacent to an activating group) is 1. The van der Waals surface area contributed by atoms with Crippen molar-refractivity contribution in [2.75, 3.05) is 26.7 Å². The second-order valence-electron chi connectivity index (χ2n) is 4.03. The topological polar surface area (TPSA) is 69.6 Å². The van der Waals surface area contributed by atoms with Crippen molar-refractivity contribution in [3.05, 3.63) is 28.0 Å². The predicted octanol–water partition coefficient (Wildman–Crippen LogP) is 1.53. The molecule has 0 atom stereocenters. The van der Waals surface area contributed by atoms with Crippen molar-refractivity contribution in [3.63, 3.8) is 0 Å². The Kier molecular flexibility index (Phi) is 6.24. The van der Waals surface area contributed by atoms with Crippen LogP contribution in [0, 0.1) is 0 Å². The highest BCUT2D eigenvalue weighted by atomic mass is 32.1. The summed E-state index contributed by atoms with van der Waals surface area (Å²) in [5, 5.41) is 11.3. The first-order valence-corrected chi connectivity index (χ1v) is 6.82. The summed E-state index contributed by atoms with van der Waals surface area (Å²) >= 11 is 1.27. The van der Waals surface area contributed by atoms with Crippen LogP contribution in [0.5, 0.6) is 0 Å². The van der Waals surface area contributed by atoms with Crippen molar-refractivity contribution < 1.29 is 14.7 Å². The Labute approximate surface area is 116 Å². The Bertz CT molecular complexity index is 468. The molecule has 5 nitrogen and oxygen atoms in total. The summed E-state index contributed by atoms with van der Waals surface area (Å²) in [6.45, 7) is 4.40. The van der Waals surface area contributed by atoms with Crippen LogP contribution in [0.25, 0.3) is 6.08 Å². The first-order valence-electron chi connectivity index (χ1n) is 6.00. The molecule has 0 bridgehead atoms. The molecule has 0 saturated carbocycles. The smallest absolute Gasteiger partial charge is 0.328 e. The van der Waals surface area contributed by atoms with E-state index in [1.807, 2.05) is 7.05 Å². The number of nitrogens with zero attached hydrogens (tertiary/aromatic N) is 1. The van der Waals surface area contributed by atoms with E-state index in [9.17, 15) is 9.59 Å². The molecule has 0 unspecified atom stereocenters. The molecule has 1 rings (SSSR count). The van der Waals surface area contributed by atoms with Gasteiger partial charge < -0.3 is 15.3 Å². The number of amides is 1. The standard InChI is InChI=1S/C13H18N2O3S/c1-3-15(2)9-8-14-13(18)11-6-4-10(19-11)5-7-12(16)17/h4-7H,3,8-9H2,1-2H3,(H,14,18)(H,16,17). The zero-order chi connectivity index (χ0) is 14.3. The van der Waals surface area contributed by atoms with Crippen LogP contribution >= 0.6 is 11.3 Å². The van der Waals surface area contributed by atoms with E-state index in [0.29, 0.717) is 11.4 Å². The lowest BCUT2D eigenvalue weighted by Gasteiger charge is -2.13. The molecule has 1 amide bonds. The molecule has 0 aliphatic rings. The van der Waals surface area contributed by atoms with Gasteiger partial charge in [-0.25, -0.2) is 4.79 Å². The predicted molar refractivity (Wildman–Crippen MR) is 76.5 cm³/mol. The van der Waals surface area contributed by atoms with Crippen LogP contribution in [0.2, 0.25) is 0 Å². The largest absolute Gasteiger partial charge is 0.478 e. The molecular weight excluding hydrogens is 264 g/mol. The van der Waals surface area contributed by atoms with Crippen LogP contribution in [-0.4, -0.2) is 48.6 Å². The summed E-state index contributed by atoms with van der Waals surface area (Å²) < 4.78 is 0. The molecule has 1 aromatic heterocycles. The van der Waals surface area contributed by atoms with Gasteiger partial charge >= 0.3 is 5.97 Å². The van der Waals surface area contributed by atoms with Gasteiger partial charge in [-0.1, -0.05) is 6.92 Å². The minimum Gasteiger partial charge on any atom is -0.478 e. The van der Waals surface area contributed by atoms with Crippen molar-refractivity contribution in [2.24, 2.45) is 0 Å². The lowest BCUT2D eigenvalue weighted by Crippen LogP contribution is -2.32. The van der Waals surface area contributed by atoms with Crippen LogP contribution in [0.1, 0.15) is 21.5 Å². The summed E-state index contributed by atoms with van der Waals surface area (Å²) in [6.07, 6.45) is 2.54. The zero-order valence-corrected chi connectivity index (χ0v) is 11.9. The second kappa shape index (κ2) is 7.70. The number of hydrogen-bond donors (Lipinski definition) is 2. The van der Waals surface area contributed by atoms with Crippen molar-refractivity contribution in [1.29, 1.82) is 0 Å². The third-order valence-corrected chi connectivity index (χ3v) is 3.61. The Morgan fingerprint density at radius 2 is 2.21 bits per heavy atom. The Morgan fingerprint density at radius 1 is 1.47 bits per heavy atom.